The highest BCUT2D eigenvalue weighted by Gasteiger charge is 2.16. The van der Waals surface area contributed by atoms with Gasteiger partial charge in [-0.2, -0.15) is 0 Å². The molecule has 0 aliphatic rings. The smallest absolute Gasteiger partial charge is 0.239 e. The van der Waals surface area contributed by atoms with E-state index in [0.717, 1.165) is 0 Å². The fourth-order valence-corrected chi connectivity index (χ4v) is 2.83. The van der Waals surface area contributed by atoms with Crippen LogP contribution in [0.5, 0.6) is 0 Å². The Hall–Kier alpha value is -1.54. The number of nitrogens with one attached hydrogen (secondary N) is 1. The third-order valence-electron chi connectivity index (χ3n) is 2.67. The van der Waals surface area contributed by atoms with E-state index in [9.17, 15) is 13.5 Å². The van der Waals surface area contributed by atoms with Crippen LogP contribution in [0, 0.1) is 0 Å². The normalized spacial score (nSPS) is 11.6. The Kier molecular flexibility index (Phi) is 4.34. The number of rotatable bonds is 5. The maximum Gasteiger partial charge on any atom is 0.239 e. The van der Waals surface area contributed by atoms with E-state index in [1.165, 1.54) is 12.1 Å². The van der Waals surface area contributed by atoms with Crippen LogP contribution in [-0.2, 0) is 23.2 Å². The lowest BCUT2D eigenvalue weighted by atomic mass is 10.2. The lowest BCUT2D eigenvalue weighted by molar-refractivity contribution is 0.282. The Balaban J connectivity index is 2.31. The molecule has 0 aliphatic heterocycles. The van der Waals surface area contributed by atoms with Crippen molar-refractivity contribution in [3.63, 3.8) is 0 Å². The van der Waals surface area contributed by atoms with Crippen LogP contribution in [0.2, 0.25) is 5.02 Å². The number of aliphatic hydroxyl groups excluding tert-OH is 1. The molecule has 0 bridgehead atoms. The Morgan fingerprint density at radius 1 is 1.40 bits per heavy atom. The third-order valence-corrected chi connectivity index (χ3v) is 4.04. The number of hydrogen-bond acceptors (Lipinski definition) is 5. The quantitative estimate of drug-likeness (QED) is 0.778. The van der Waals surface area contributed by atoms with E-state index in [1.54, 1.807) is 18.4 Å². The van der Waals surface area contributed by atoms with Crippen molar-refractivity contribution in [2.24, 2.45) is 5.14 Å². The van der Waals surface area contributed by atoms with Gasteiger partial charge in [0.2, 0.25) is 10.0 Å². The highest BCUT2D eigenvalue weighted by molar-refractivity contribution is 7.89. The number of nitrogens with two attached hydrogens (primary N) is 1. The molecule has 1 aromatic heterocycles. The van der Waals surface area contributed by atoms with Crippen molar-refractivity contribution in [2.75, 3.05) is 5.32 Å². The van der Waals surface area contributed by atoms with E-state index < -0.39 is 10.0 Å². The van der Waals surface area contributed by atoms with E-state index in [4.69, 9.17) is 21.2 Å². The number of primary sulfonamides is 1. The summed E-state index contributed by atoms with van der Waals surface area (Å²) in [5.74, 6) is 0.695. The topological polar surface area (TPSA) is 106 Å². The van der Waals surface area contributed by atoms with Crippen LogP contribution in [0.3, 0.4) is 0 Å². The first kappa shape index (κ1) is 14.9. The molecule has 0 fully saturated rings. The van der Waals surface area contributed by atoms with Crippen molar-refractivity contribution in [1.29, 1.82) is 0 Å². The number of furan rings is 1. The highest BCUT2D eigenvalue weighted by Crippen LogP contribution is 2.28. The second-order valence-corrected chi connectivity index (χ2v) is 6.01. The molecule has 0 saturated heterocycles. The van der Waals surface area contributed by atoms with Gasteiger partial charge in [0.25, 0.3) is 0 Å². The summed E-state index contributed by atoms with van der Waals surface area (Å²) in [5.41, 5.74) is 0.895. The Labute approximate surface area is 121 Å². The molecule has 1 aromatic carbocycles. The molecule has 2 rings (SSSR count). The van der Waals surface area contributed by atoms with Crippen molar-refractivity contribution < 1.29 is 17.9 Å². The zero-order valence-electron chi connectivity index (χ0n) is 10.3. The van der Waals surface area contributed by atoms with Crippen LogP contribution in [0.1, 0.15) is 11.3 Å². The molecule has 2 aromatic rings. The summed E-state index contributed by atoms with van der Waals surface area (Å²) < 4.78 is 27.9. The van der Waals surface area contributed by atoms with Gasteiger partial charge in [-0.1, -0.05) is 11.6 Å². The van der Waals surface area contributed by atoms with Crippen LogP contribution >= 0.6 is 11.6 Å². The van der Waals surface area contributed by atoms with Crippen molar-refractivity contribution in [3.8, 4) is 0 Å². The van der Waals surface area contributed by atoms with E-state index in [2.05, 4.69) is 5.32 Å². The van der Waals surface area contributed by atoms with Crippen LogP contribution in [-0.4, -0.2) is 13.5 Å². The zero-order valence-corrected chi connectivity index (χ0v) is 11.9. The summed E-state index contributed by atoms with van der Waals surface area (Å²) in [6, 6.07) is 6.20. The summed E-state index contributed by atoms with van der Waals surface area (Å²) in [5, 5.41) is 17.4. The molecule has 0 unspecified atom stereocenters. The molecule has 0 amide bonds. The van der Waals surface area contributed by atoms with E-state index in [-0.39, 0.29) is 16.5 Å². The second kappa shape index (κ2) is 5.84. The van der Waals surface area contributed by atoms with E-state index >= 15 is 0 Å². The van der Waals surface area contributed by atoms with Gasteiger partial charge < -0.3 is 14.8 Å². The molecular formula is C12H13ClN2O4S. The predicted octanol–water partition coefficient (Wildman–Crippen LogP) is 1.68. The molecule has 4 N–H and O–H groups in total. The number of anilines is 1. The molecular weight excluding hydrogens is 304 g/mol. The first-order valence-corrected chi connectivity index (χ1v) is 7.56. The monoisotopic (exact) mass is 316 g/mol. The van der Waals surface area contributed by atoms with Gasteiger partial charge in [0.1, 0.15) is 10.7 Å². The molecule has 20 heavy (non-hydrogen) atoms. The Bertz CT molecular complexity index is 698. The van der Waals surface area contributed by atoms with Gasteiger partial charge in [-0.15, -0.1) is 0 Å². The summed E-state index contributed by atoms with van der Waals surface area (Å²) in [6.07, 6.45) is 1.54. The van der Waals surface area contributed by atoms with Crippen LogP contribution in [0.15, 0.2) is 39.8 Å². The lowest BCUT2D eigenvalue weighted by Gasteiger charge is -2.12. The SMILES string of the molecule is NS(=O)(=O)c1cc(CO)c(NCc2ccco2)cc1Cl. The molecule has 108 valence electrons. The number of sulfonamides is 1. The lowest BCUT2D eigenvalue weighted by Crippen LogP contribution is -2.14. The third kappa shape index (κ3) is 3.31. The van der Waals surface area contributed by atoms with Gasteiger partial charge in [-0.25, -0.2) is 13.6 Å². The minimum absolute atomic E-state index is 0.00774. The van der Waals surface area contributed by atoms with Crippen LogP contribution in [0.4, 0.5) is 5.69 Å². The minimum atomic E-state index is -3.93. The fourth-order valence-electron chi connectivity index (χ4n) is 1.70. The second-order valence-electron chi connectivity index (χ2n) is 4.08. The number of hydrogen-bond donors (Lipinski definition) is 3. The standard InChI is InChI=1S/C12H13ClN2O4S/c13-10-5-11(15-6-9-2-1-3-19-9)8(7-16)4-12(10)20(14,17)18/h1-5,15-16H,6-7H2,(H2,14,17,18). The van der Waals surface area contributed by atoms with Crippen LogP contribution < -0.4 is 10.5 Å². The number of halogens is 1. The van der Waals surface area contributed by atoms with Gasteiger partial charge in [-0.05, 0) is 24.3 Å². The number of aliphatic hydroxyl groups is 1. The van der Waals surface area contributed by atoms with Crippen molar-refractivity contribution in [3.05, 3.63) is 46.9 Å². The van der Waals surface area contributed by atoms with Gasteiger partial charge in [0.05, 0.1) is 24.4 Å². The zero-order chi connectivity index (χ0) is 14.8. The average Bonchev–Trinajstić information content (AvgIpc) is 2.88. The molecule has 8 heteroatoms. The van der Waals surface area contributed by atoms with Crippen LogP contribution in [0.25, 0.3) is 0 Å². The predicted molar refractivity (Wildman–Crippen MR) is 74.8 cm³/mol. The Morgan fingerprint density at radius 3 is 2.70 bits per heavy atom. The molecule has 1 heterocycles. The number of benzene rings is 1. The molecule has 0 aliphatic carbocycles. The molecule has 0 atom stereocenters. The van der Waals surface area contributed by atoms with Gasteiger partial charge in [-0.3, -0.25) is 0 Å². The van der Waals surface area contributed by atoms with Gasteiger partial charge >= 0.3 is 0 Å². The van der Waals surface area contributed by atoms with Crippen molar-refractivity contribution in [2.45, 2.75) is 18.0 Å². The van der Waals surface area contributed by atoms with E-state index in [1.807, 2.05) is 0 Å². The summed E-state index contributed by atoms with van der Waals surface area (Å²) in [6.45, 7) is 0.0330. The molecule has 0 radical (unpaired) electrons. The Morgan fingerprint density at radius 2 is 2.15 bits per heavy atom. The molecule has 0 spiro atoms. The fraction of sp³-hybridized carbons (Fsp3) is 0.167. The largest absolute Gasteiger partial charge is 0.467 e. The summed E-state index contributed by atoms with van der Waals surface area (Å²) >= 11 is 5.90. The summed E-state index contributed by atoms with van der Waals surface area (Å²) in [4.78, 5) is -0.216. The minimum Gasteiger partial charge on any atom is -0.467 e. The van der Waals surface area contributed by atoms with Gasteiger partial charge in [0.15, 0.2) is 0 Å². The average molecular weight is 317 g/mol. The van der Waals surface area contributed by atoms with Crippen molar-refractivity contribution >= 4 is 27.3 Å². The first-order chi connectivity index (χ1) is 9.41. The molecule has 6 nitrogen and oxygen atoms in total. The first-order valence-electron chi connectivity index (χ1n) is 5.64. The maximum absolute atomic E-state index is 11.4. The molecule has 0 saturated carbocycles. The maximum atomic E-state index is 11.4. The summed E-state index contributed by atoms with van der Waals surface area (Å²) in [7, 11) is -3.93. The highest BCUT2D eigenvalue weighted by atomic mass is 35.5. The van der Waals surface area contributed by atoms with E-state index in [0.29, 0.717) is 23.6 Å². The van der Waals surface area contributed by atoms with Crippen molar-refractivity contribution in [1.82, 2.24) is 0 Å². The van der Waals surface area contributed by atoms with Gasteiger partial charge in [0, 0.05) is 11.3 Å².